The Balaban J connectivity index is 3.34. The lowest BCUT2D eigenvalue weighted by molar-refractivity contribution is 0.491. The number of nitrogens with one attached hydrogen (secondary N) is 1. The van der Waals surface area contributed by atoms with Gasteiger partial charge in [-0.25, -0.2) is 13.1 Å². The molecule has 0 spiro atoms. The summed E-state index contributed by atoms with van der Waals surface area (Å²) in [5.74, 6) is 0. The summed E-state index contributed by atoms with van der Waals surface area (Å²) < 4.78 is 70.3. The second-order valence-corrected chi connectivity index (χ2v) is 4.99. The zero-order valence-corrected chi connectivity index (χ0v) is 8.93. The molecule has 0 saturated carbocycles. The van der Waals surface area contributed by atoms with Gasteiger partial charge in [0, 0.05) is 19.5 Å². The summed E-state index contributed by atoms with van der Waals surface area (Å²) in [6.45, 7) is -5.30. The first-order chi connectivity index (χ1) is 9.21. The molecule has 0 aliphatic rings. The van der Waals surface area contributed by atoms with Crippen molar-refractivity contribution in [3.05, 3.63) is 24.3 Å². The first-order valence-electron chi connectivity index (χ1n) is 7.10. The Labute approximate surface area is 99.0 Å². The normalized spacial score (nSPS) is 20.3. The van der Waals surface area contributed by atoms with E-state index in [1.807, 2.05) is 0 Å². The van der Waals surface area contributed by atoms with Crippen molar-refractivity contribution in [2.24, 2.45) is 0 Å². The van der Waals surface area contributed by atoms with Gasteiger partial charge < -0.3 is 5.73 Å². The van der Waals surface area contributed by atoms with Crippen LogP contribution in [-0.4, -0.2) is 14.0 Å². The van der Waals surface area contributed by atoms with Crippen LogP contribution in [0.1, 0.15) is 28.9 Å². The summed E-state index contributed by atoms with van der Waals surface area (Å²) in [5, 5.41) is 0. The van der Waals surface area contributed by atoms with Crippen LogP contribution in [0.3, 0.4) is 0 Å². The van der Waals surface area contributed by atoms with E-state index in [0.717, 1.165) is 13.0 Å². The van der Waals surface area contributed by atoms with Crippen molar-refractivity contribution < 1.29 is 16.6 Å². The maximum atomic E-state index is 12.2. The number of sulfonamides is 1. The Kier molecular flexibility index (Phi) is 1.50. The average Bonchev–Trinajstić information content (AvgIpc) is 2.25. The Morgan fingerprint density at radius 3 is 2.67 bits per heavy atom. The maximum absolute atomic E-state index is 12.2. The molecule has 0 aliphatic carbocycles. The zero-order valence-electron chi connectivity index (χ0n) is 14.1. The monoisotopic (exact) mass is 234 g/mol. The molecule has 1 rings (SSSR count). The topological polar surface area (TPSA) is 72.2 Å². The van der Waals surface area contributed by atoms with Crippen LogP contribution in [0.5, 0.6) is 0 Å². The predicted molar refractivity (Wildman–Crippen MR) is 60.9 cm³/mol. The van der Waals surface area contributed by atoms with Crippen molar-refractivity contribution in [1.29, 1.82) is 0 Å². The van der Waals surface area contributed by atoms with Gasteiger partial charge in [0.1, 0.15) is 0 Å². The molecular formula is C10H16N2O2S. The molecule has 0 heterocycles. The van der Waals surface area contributed by atoms with Crippen molar-refractivity contribution >= 4 is 15.7 Å². The van der Waals surface area contributed by atoms with Gasteiger partial charge >= 0.3 is 0 Å². The van der Waals surface area contributed by atoms with Crippen LogP contribution in [0.4, 0.5) is 5.69 Å². The third-order valence-electron chi connectivity index (χ3n) is 1.51. The van der Waals surface area contributed by atoms with Crippen LogP contribution in [0.15, 0.2) is 29.2 Å². The molecule has 84 valence electrons. The van der Waals surface area contributed by atoms with E-state index in [1.54, 1.807) is 4.72 Å². The van der Waals surface area contributed by atoms with Gasteiger partial charge in [-0.3, -0.25) is 0 Å². The van der Waals surface area contributed by atoms with Gasteiger partial charge in [0.15, 0.2) is 0 Å². The van der Waals surface area contributed by atoms with Gasteiger partial charge in [-0.05, 0) is 38.8 Å². The van der Waals surface area contributed by atoms with Crippen molar-refractivity contribution in [3.63, 3.8) is 0 Å². The van der Waals surface area contributed by atoms with E-state index in [4.69, 9.17) is 14.0 Å². The summed E-state index contributed by atoms with van der Waals surface area (Å²) in [7, 11) is -4.36. The standard InChI is InChI=1S/C10H16N2O2S/c1-10(2,3)12-15(13,14)9-6-4-5-8(11)7-9/h4-7,12H,11H2,1-3H3/i1D3,2D3. The van der Waals surface area contributed by atoms with Gasteiger partial charge in [-0.2, -0.15) is 0 Å². The highest BCUT2D eigenvalue weighted by molar-refractivity contribution is 7.89. The SMILES string of the molecule is [2H]C([2H])([2H])C(C)(NS(=O)(=O)c1cccc(N)c1)C([2H])([2H])[2H]. The number of nitrogen functional groups attached to an aromatic ring is 1. The molecule has 1 aromatic carbocycles. The summed E-state index contributed by atoms with van der Waals surface area (Å²) in [6.07, 6.45) is 0. The maximum Gasteiger partial charge on any atom is 0.241 e. The molecule has 0 saturated heterocycles. The average molecular weight is 234 g/mol. The molecule has 1 aromatic rings. The highest BCUT2D eigenvalue weighted by Gasteiger charge is 2.21. The Morgan fingerprint density at radius 1 is 1.47 bits per heavy atom. The van der Waals surface area contributed by atoms with Gasteiger partial charge in [0.2, 0.25) is 10.0 Å². The fourth-order valence-corrected chi connectivity index (χ4v) is 2.21. The van der Waals surface area contributed by atoms with Crippen molar-refractivity contribution in [1.82, 2.24) is 4.72 Å². The highest BCUT2D eigenvalue weighted by Crippen LogP contribution is 2.15. The summed E-state index contributed by atoms with van der Waals surface area (Å²) in [4.78, 5) is -0.303. The molecule has 0 atom stereocenters. The lowest BCUT2D eigenvalue weighted by atomic mass is 10.1. The Hall–Kier alpha value is -1.07. The molecule has 0 bridgehead atoms. The van der Waals surface area contributed by atoms with E-state index in [2.05, 4.69) is 0 Å². The molecule has 3 N–H and O–H groups in total. The largest absolute Gasteiger partial charge is 0.399 e. The Bertz CT molecular complexity index is 609. The lowest BCUT2D eigenvalue weighted by Gasteiger charge is -2.20. The van der Waals surface area contributed by atoms with E-state index in [0.29, 0.717) is 0 Å². The highest BCUT2D eigenvalue weighted by atomic mass is 32.2. The van der Waals surface area contributed by atoms with E-state index in [1.165, 1.54) is 18.2 Å². The van der Waals surface area contributed by atoms with Crippen molar-refractivity contribution in [2.75, 3.05) is 5.73 Å². The quantitative estimate of drug-likeness (QED) is 0.759. The van der Waals surface area contributed by atoms with Crippen LogP contribution in [0.25, 0.3) is 0 Å². The molecule has 0 amide bonds. The Morgan fingerprint density at radius 2 is 2.13 bits per heavy atom. The van der Waals surface area contributed by atoms with Crippen molar-refractivity contribution in [3.8, 4) is 0 Å². The summed E-state index contributed by atoms with van der Waals surface area (Å²) >= 11 is 0. The van der Waals surface area contributed by atoms with Gasteiger partial charge in [-0.1, -0.05) is 6.07 Å². The third kappa shape index (κ3) is 3.53. The molecule has 0 fully saturated rings. The summed E-state index contributed by atoms with van der Waals surface area (Å²) in [6, 6.07) is 5.12. The number of hydrogen-bond acceptors (Lipinski definition) is 3. The molecule has 0 aromatic heterocycles. The zero-order chi connectivity index (χ0) is 16.7. The second kappa shape index (κ2) is 3.83. The van der Waals surface area contributed by atoms with Gasteiger partial charge in [0.25, 0.3) is 0 Å². The van der Waals surface area contributed by atoms with Gasteiger partial charge in [0.05, 0.1) is 4.90 Å². The fourth-order valence-electron chi connectivity index (χ4n) is 1.01. The number of hydrogen-bond donors (Lipinski definition) is 2. The van der Waals surface area contributed by atoms with Gasteiger partial charge in [-0.15, -0.1) is 0 Å². The number of benzene rings is 1. The molecule has 5 heteroatoms. The van der Waals surface area contributed by atoms with Crippen LogP contribution in [0, 0.1) is 0 Å². The fraction of sp³-hybridized carbons (Fsp3) is 0.400. The molecular weight excluding hydrogens is 212 g/mol. The van der Waals surface area contributed by atoms with Crippen molar-refractivity contribution in [2.45, 2.75) is 31.1 Å². The number of anilines is 1. The van der Waals surface area contributed by atoms with E-state index in [-0.39, 0.29) is 10.6 Å². The summed E-state index contributed by atoms with van der Waals surface area (Å²) in [5.41, 5.74) is 3.01. The van der Waals surface area contributed by atoms with Crippen LogP contribution in [0.2, 0.25) is 0 Å². The minimum atomic E-state index is -4.36. The molecule has 15 heavy (non-hydrogen) atoms. The first-order valence-corrected chi connectivity index (χ1v) is 5.58. The minimum Gasteiger partial charge on any atom is -0.399 e. The number of rotatable bonds is 2. The smallest absolute Gasteiger partial charge is 0.241 e. The minimum absolute atomic E-state index is 0.155. The molecule has 0 radical (unpaired) electrons. The molecule has 0 aliphatic heterocycles. The first kappa shape index (κ1) is 5.86. The molecule has 4 nitrogen and oxygen atoms in total. The van der Waals surface area contributed by atoms with E-state index >= 15 is 0 Å². The third-order valence-corrected chi connectivity index (χ3v) is 3.06. The molecule has 0 unspecified atom stereocenters. The number of nitrogens with two attached hydrogens (primary N) is 1. The van der Waals surface area contributed by atoms with E-state index < -0.39 is 29.3 Å². The van der Waals surface area contributed by atoms with Crippen LogP contribution in [-0.2, 0) is 10.0 Å². The van der Waals surface area contributed by atoms with E-state index in [9.17, 15) is 8.42 Å². The predicted octanol–water partition coefficient (Wildman–Crippen LogP) is 1.35. The lowest BCUT2D eigenvalue weighted by Crippen LogP contribution is -2.40. The van der Waals surface area contributed by atoms with Crippen LogP contribution >= 0.6 is 0 Å². The van der Waals surface area contributed by atoms with Crippen LogP contribution < -0.4 is 10.5 Å². The second-order valence-electron chi connectivity index (χ2n) is 3.30.